The van der Waals surface area contributed by atoms with Crippen LogP contribution in [0.3, 0.4) is 0 Å². The maximum Gasteiger partial charge on any atom is 0.135 e. The van der Waals surface area contributed by atoms with Crippen LogP contribution in [0.5, 0.6) is 0 Å². The largest absolute Gasteiger partial charge is 0.456 e. The zero-order chi connectivity index (χ0) is 40.7. The van der Waals surface area contributed by atoms with Gasteiger partial charge in [-0.15, -0.1) is 11.3 Å². The molecule has 0 radical (unpaired) electrons. The Morgan fingerprint density at radius 3 is 1.38 bits per heavy atom. The molecule has 0 unspecified atom stereocenters. The lowest BCUT2D eigenvalue weighted by atomic mass is 9.82. The zero-order valence-corrected chi connectivity index (χ0v) is 35.4. The predicted molar refractivity (Wildman–Crippen MR) is 256 cm³/mol. The average molecular weight is 794 g/mol. The summed E-state index contributed by atoms with van der Waals surface area (Å²) in [6, 6.07) is 56.0. The first-order chi connectivity index (χ1) is 29.0. The number of nitrogens with zero attached hydrogens (tertiary/aromatic N) is 1. The highest BCUT2D eigenvalue weighted by molar-refractivity contribution is 7.25. The molecule has 0 fully saturated rings. The highest BCUT2D eigenvalue weighted by Gasteiger charge is 2.27. The summed E-state index contributed by atoms with van der Waals surface area (Å²) in [5.41, 5.74) is 14.3. The summed E-state index contributed by atoms with van der Waals surface area (Å²) in [4.78, 5) is 0. The van der Waals surface area contributed by atoms with Gasteiger partial charge in [0.2, 0.25) is 0 Å². The van der Waals surface area contributed by atoms with Gasteiger partial charge in [0.15, 0.2) is 0 Å². The van der Waals surface area contributed by atoms with E-state index >= 15 is 0 Å². The van der Waals surface area contributed by atoms with Crippen LogP contribution in [-0.4, -0.2) is 4.57 Å². The number of para-hydroxylation sites is 2. The van der Waals surface area contributed by atoms with Crippen molar-refractivity contribution >= 4 is 97.2 Å². The van der Waals surface area contributed by atoms with Crippen molar-refractivity contribution in [1.82, 2.24) is 4.57 Å². The second-order valence-electron chi connectivity index (χ2n) is 18.6. The highest BCUT2D eigenvalue weighted by atomic mass is 32.1. The van der Waals surface area contributed by atoms with Crippen molar-refractivity contribution < 1.29 is 8.83 Å². The Labute approximate surface area is 352 Å². The minimum absolute atomic E-state index is 0.101. The Morgan fingerprint density at radius 2 is 0.850 bits per heavy atom. The molecule has 0 saturated carbocycles. The van der Waals surface area contributed by atoms with E-state index in [0.717, 1.165) is 49.6 Å². The molecule has 0 saturated heterocycles. The van der Waals surface area contributed by atoms with Gasteiger partial charge in [-0.25, -0.2) is 0 Å². The van der Waals surface area contributed by atoms with Gasteiger partial charge in [-0.1, -0.05) is 108 Å². The third-order valence-electron chi connectivity index (χ3n) is 12.7. The molecule has 0 N–H and O–H groups in total. The number of hydrogen-bond donors (Lipinski definition) is 0. The predicted octanol–water partition coefficient (Wildman–Crippen LogP) is 16.9. The molecule has 0 aliphatic rings. The lowest BCUT2D eigenvalue weighted by molar-refractivity contribution is 0.590. The summed E-state index contributed by atoms with van der Waals surface area (Å²) in [5, 5.41) is 9.59. The molecule has 0 atom stereocenters. The first-order valence-corrected chi connectivity index (χ1v) is 21.7. The molecule has 12 aromatic rings. The molecule has 4 aromatic heterocycles. The van der Waals surface area contributed by atoms with Crippen molar-refractivity contribution in [3.8, 4) is 27.9 Å². The van der Waals surface area contributed by atoms with Crippen molar-refractivity contribution in [1.29, 1.82) is 0 Å². The number of rotatable bonds is 3. The summed E-state index contributed by atoms with van der Waals surface area (Å²) in [5.74, 6) is 0. The maximum atomic E-state index is 6.37. The molecular formula is C56H43NO2S. The first-order valence-electron chi connectivity index (χ1n) is 20.9. The molecule has 8 aromatic carbocycles. The average Bonchev–Trinajstić information content (AvgIpc) is 4.00. The first kappa shape index (κ1) is 35.3. The van der Waals surface area contributed by atoms with Crippen LogP contribution >= 0.6 is 11.3 Å². The van der Waals surface area contributed by atoms with Gasteiger partial charge in [0.1, 0.15) is 22.3 Å². The molecule has 4 heteroatoms. The topological polar surface area (TPSA) is 31.2 Å². The number of benzene rings is 8. The molecule has 12 rings (SSSR count). The summed E-state index contributed by atoms with van der Waals surface area (Å²) in [7, 11) is 0. The highest BCUT2D eigenvalue weighted by Crippen LogP contribution is 2.48. The number of furan rings is 2. The van der Waals surface area contributed by atoms with E-state index < -0.39 is 0 Å². The number of fused-ring (bicyclic) bond motifs is 12. The molecule has 0 aliphatic heterocycles. The van der Waals surface area contributed by atoms with Crippen molar-refractivity contribution in [2.45, 2.75) is 52.4 Å². The van der Waals surface area contributed by atoms with E-state index in [0.29, 0.717) is 0 Å². The van der Waals surface area contributed by atoms with Gasteiger partial charge >= 0.3 is 0 Å². The van der Waals surface area contributed by atoms with E-state index in [1.807, 2.05) is 23.5 Å². The molecule has 0 bridgehead atoms. The van der Waals surface area contributed by atoms with Crippen LogP contribution in [0, 0.1) is 0 Å². The van der Waals surface area contributed by atoms with Crippen LogP contribution in [0.4, 0.5) is 0 Å². The van der Waals surface area contributed by atoms with E-state index in [4.69, 9.17) is 8.83 Å². The van der Waals surface area contributed by atoms with E-state index in [9.17, 15) is 0 Å². The van der Waals surface area contributed by atoms with Crippen LogP contribution in [0.2, 0.25) is 0 Å². The van der Waals surface area contributed by atoms with Crippen molar-refractivity contribution in [2.24, 2.45) is 0 Å². The van der Waals surface area contributed by atoms with Crippen LogP contribution < -0.4 is 0 Å². The van der Waals surface area contributed by atoms with Crippen LogP contribution in [0.25, 0.3) is 114 Å². The molecule has 0 aliphatic carbocycles. The van der Waals surface area contributed by atoms with Gasteiger partial charge in [-0.05, 0) is 118 Å². The standard InChI is InChI=1S/C56H43NO2S/c1-55(2,3)34-27-40(32-19-22-49-42(25-32)37-13-7-10-16-47(37)58-49)53-45(29-34)46-30-35(56(4,5)6)28-41(33-20-23-50-43(26-33)38-14-8-11-17-48(38)59-50)54(46)57(53)36-21-24-52-44(31-36)39-15-9-12-18-51(39)60-52/h7-31H,1-6H3. The normalized spacial score (nSPS) is 12.8. The van der Waals surface area contributed by atoms with Gasteiger partial charge < -0.3 is 13.4 Å². The SMILES string of the molecule is CC(C)(C)c1cc(-c2ccc3oc4ccccc4c3c2)c2c(c1)c1cc(C(C)(C)C)cc(-c3ccc4oc5ccccc5c4c3)c1n2-c1ccc2sc3ccccc3c2c1. The van der Waals surface area contributed by atoms with Gasteiger partial charge in [0.05, 0.1) is 11.0 Å². The van der Waals surface area contributed by atoms with E-state index in [1.54, 1.807) is 0 Å². The Kier molecular flexibility index (Phi) is 7.33. The monoisotopic (exact) mass is 793 g/mol. The van der Waals surface area contributed by atoms with E-state index in [2.05, 4.69) is 186 Å². The quantitative estimate of drug-likeness (QED) is 0.178. The fourth-order valence-electron chi connectivity index (χ4n) is 9.48. The van der Waals surface area contributed by atoms with Gasteiger partial charge in [0, 0.05) is 69.3 Å². The second kappa shape index (κ2) is 12.5. The number of hydrogen-bond acceptors (Lipinski definition) is 3. The summed E-state index contributed by atoms with van der Waals surface area (Å²) >= 11 is 1.86. The van der Waals surface area contributed by atoms with Gasteiger partial charge in [-0.2, -0.15) is 0 Å². The fraction of sp³-hybridized carbons (Fsp3) is 0.143. The minimum atomic E-state index is -0.101. The fourth-order valence-corrected chi connectivity index (χ4v) is 10.6. The third kappa shape index (κ3) is 5.27. The maximum absolute atomic E-state index is 6.37. The number of thiophene rings is 1. The van der Waals surface area contributed by atoms with Gasteiger partial charge in [0.25, 0.3) is 0 Å². The Bertz CT molecular complexity index is 3550. The smallest absolute Gasteiger partial charge is 0.135 e. The molecule has 4 heterocycles. The lowest BCUT2D eigenvalue weighted by Gasteiger charge is -2.22. The third-order valence-corrected chi connectivity index (χ3v) is 13.8. The molecule has 290 valence electrons. The Morgan fingerprint density at radius 1 is 0.383 bits per heavy atom. The minimum Gasteiger partial charge on any atom is -0.456 e. The molecule has 0 amide bonds. The van der Waals surface area contributed by atoms with E-state index in [-0.39, 0.29) is 10.8 Å². The van der Waals surface area contributed by atoms with Crippen molar-refractivity contribution in [3.63, 3.8) is 0 Å². The van der Waals surface area contributed by atoms with Crippen LogP contribution in [-0.2, 0) is 10.8 Å². The van der Waals surface area contributed by atoms with Crippen molar-refractivity contribution in [3.05, 3.63) is 163 Å². The summed E-state index contributed by atoms with van der Waals surface area (Å²) < 4.78 is 17.9. The Balaban J connectivity index is 1.28. The van der Waals surface area contributed by atoms with E-state index in [1.165, 1.54) is 75.4 Å². The number of aromatic nitrogens is 1. The van der Waals surface area contributed by atoms with Gasteiger partial charge in [-0.3, -0.25) is 0 Å². The van der Waals surface area contributed by atoms with Crippen LogP contribution in [0.15, 0.2) is 160 Å². The molecule has 3 nitrogen and oxygen atoms in total. The summed E-state index contributed by atoms with van der Waals surface area (Å²) in [6.45, 7) is 14.0. The van der Waals surface area contributed by atoms with Crippen molar-refractivity contribution in [2.75, 3.05) is 0 Å². The molecule has 0 spiro atoms. The van der Waals surface area contributed by atoms with Crippen LogP contribution in [0.1, 0.15) is 52.7 Å². The molecular weight excluding hydrogens is 751 g/mol. The zero-order valence-electron chi connectivity index (χ0n) is 34.6. The summed E-state index contributed by atoms with van der Waals surface area (Å²) in [6.07, 6.45) is 0. The second-order valence-corrected chi connectivity index (χ2v) is 19.7. The lowest BCUT2D eigenvalue weighted by Crippen LogP contribution is -2.11. The Hall–Kier alpha value is -6.62. The molecule has 60 heavy (non-hydrogen) atoms.